The highest BCUT2D eigenvalue weighted by Crippen LogP contribution is 2.36. The van der Waals surface area contributed by atoms with Crippen molar-refractivity contribution < 1.29 is 9.47 Å². The number of nitrogens with one attached hydrogen (secondary N) is 1. The van der Waals surface area contributed by atoms with Gasteiger partial charge in [0.25, 0.3) is 0 Å². The van der Waals surface area contributed by atoms with E-state index < -0.39 is 0 Å². The molecule has 2 fully saturated rings. The van der Waals surface area contributed by atoms with Gasteiger partial charge in [-0.2, -0.15) is 0 Å². The molecule has 1 aromatic rings. The molecular weight excluding hydrogens is 216 g/mol. The van der Waals surface area contributed by atoms with Crippen molar-refractivity contribution in [2.75, 3.05) is 32.9 Å². The Morgan fingerprint density at radius 3 is 2.94 bits per heavy atom. The highest BCUT2D eigenvalue weighted by atomic mass is 16.5. The molecule has 1 atom stereocenters. The molecule has 2 aliphatic heterocycles. The molecule has 3 heterocycles. The van der Waals surface area contributed by atoms with Crippen LogP contribution in [0.2, 0.25) is 0 Å². The van der Waals surface area contributed by atoms with E-state index in [9.17, 15) is 0 Å². The number of aromatic nitrogens is 1. The first-order chi connectivity index (χ1) is 8.39. The van der Waals surface area contributed by atoms with Crippen LogP contribution in [0.15, 0.2) is 24.4 Å². The maximum atomic E-state index is 5.79. The third kappa shape index (κ3) is 2.20. The van der Waals surface area contributed by atoms with Crippen molar-refractivity contribution >= 4 is 0 Å². The number of rotatable bonds is 3. The van der Waals surface area contributed by atoms with Crippen LogP contribution in [0.25, 0.3) is 0 Å². The molecule has 2 saturated heterocycles. The van der Waals surface area contributed by atoms with Gasteiger partial charge in [0.15, 0.2) is 0 Å². The van der Waals surface area contributed by atoms with E-state index >= 15 is 0 Å². The Bertz CT molecular complexity index is 359. The van der Waals surface area contributed by atoms with Crippen molar-refractivity contribution in [2.45, 2.75) is 17.9 Å². The quantitative estimate of drug-likeness (QED) is 0.837. The number of hydrogen-bond donors (Lipinski definition) is 1. The van der Waals surface area contributed by atoms with Crippen LogP contribution in [0.4, 0.5) is 0 Å². The second-order valence-corrected chi connectivity index (χ2v) is 4.89. The van der Waals surface area contributed by atoms with Gasteiger partial charge in [-0.05, 0) is 18.6 Å². The molecule has 0 aliphatic carbocycles. The van der Waals surface area contributed by atoms with Gasteiger partial charge in [-0.3, -0.25) is 4.98 Å². The van der Waals surface area contributed by atoms with Crippen LogP contribution in [-0.4, -0.2) is 44.0 Å². The predicted octanol–water partition coefficient (Wildman–Crippen LogP) is 0.728. The lowest BCUT2D eigenvalue weighted by Crippen LogP contribution is -2.52. The Labute approximate surface area is 101 Å². The minimum absolute atomic E-state index is 0.0744. The van der Waals surface area contributed by atoms with Gasteiger partial charge in [-0.1, -0.05) is 6.07 Å². The van der Waals surface area contributed by atoms with E-state index in [1.54, 1.807) is 0 Å². The average molecular weight is 234 g/mol. The summed E-state index contributed by atoms with van der Waals surface area (Å²) in [7, 11) is 0. The van der Waals surface area contributed by atoms with Crippen molar-refractivity contribution in [1.82, 2.24) is 10.3 Å². The van der Waals surface area contributed by atoms with Crippen molar-refractivity contribution in [2.24, 2.45) is 0 Å². The summed E-state index contributed by atoms with van der Waals surface area (Å²) >= 11 is 0. The molecule has 2 aliphatic rings. The number of hydrogen-bond acceptors (Lipinski definition) is 4. The smallest absolute Gasteiger partial charge is 0.0710 e. The van der Waals surface area contributed by atoms with Crippen molar-refractivity contribution in [3.8, 4) is 0 Å². The van der Waals surface area contributed by atoms with Crippen molar-refractivity contribution in [3.63, 3.8) is 0 Å². The summed E-state index contributed by atoms with van der Waals surface area (Å²) in [4.78, 5) is 4.48. The topological polar surface area (TPSA) is 43.4 Å². The molecule has 4 nitrogen and oxygen atoms in total. The monoisotopic (exact) mass is 234 g/mol. The van der Waals surface area contributed by atoms with Crippen LogP contribution in [0, 0.1) is 0 Å². The maximum absolute atomic E-state index is 5.79. The fourth-order valence-electron chi connectivity index (χ4n) is 2.58. The Hall–Kier alpha value is -0.970. The lowest BCUT2D eigenvalue weighted by Gasteiger charge is -2.43. The first kappa shape index (κ1) is 11.1. The van der Waals surface area contributed by atoms with E-state index in [1.165, 1.54) is 0 Å². The van der Waals surface area contributed by atoms with Crippen LogP contribution in [0.3, 0.4) is 0 Å². The first-order valence-electron chi connectivity index (χ1n) is 6.21. The lowest BCUT2D eigenvalue weighted by molar-refractivity contribution is -0.0959. The summed E-state index contributed by atoms with van der Waals surface area (Å²) < 4.78 is 11.2. The fraction of sp³-hybridized carbons (Fsp3) is 0.615. The minimum atomic E-state index is 0.0744. The molecular formula is C13H18N2O2. The number of ether oxygens (including phenoxy) is 2. The SMILES string of the molecule is c1ccc(C2(CC3CNCCO3)COC2)nc1. The molecule has 1 aromatic heterocycles. The molecule has 17 heavy (non-hydrogen) atoms. The van der Waals surface area contributed by atoms with E-state index in [0.717, 1.165) is 45.0 Å². The molecule has 3 rings (SSSR count). The summed E-state index contributed by atoms with van der Waals surface area (Å²) in [6.45, 7) is 4.25. The number of pyridine rings is 1. The standard InChI is InChI=1S/C13H18N2O2/c1-2-4-15-12(3-1)13(9-16-10-13)7-11-8-14-5-6-17-11/h1-4,11,14H,5-10H2. The van der Waals surface area contributed by atoms with Gasteiger partial charge in [0.05, 0.1) is 37.0 Å². The van der Waals surface area contributed by atoms with Crippen LogP contribution in [0.1, 0.15) is 12.1 Å². The third-order valence-electron chi connectivity index (χ3n) is 3.59. The summed E-state index contributed by atoms with van der Waals surface area (Å²) in [5.74, 6) is 0. The highest BCUT2D eigenvalue weighted by Gasteiger charge is 2.43. The lowest BCUT2D eigenvalue weighted by atomic mass is 9.77. The molecule has 1 unspecified atom stereocenters. The van der Waals surface area contributed by atoms with Gasteiger partial charge in [0.2, 0.25) is 0 Å². The van der Waals surface area contributed by atoms with E-state index in [4.69, 9.17) is 9.47 Å². The molecule has 0 saturated carbocycles. The van der Waals surface area contributed by atoms with Gasteiger partial charge in [-0.25, -0.2) is 0 Å². The molecule has 0 radical (unpaired) electrons. The predicted molar refractivity (Wildman–Crippen MR) is 64.0 cm³/mol. The zero-order valence-corrected chi connectivity index (χ0v) is 9.89. The molecule has 1 N–H and O–H groups in total. The third-order valence-corrected chi connectivity index (χ3v) is 3.59. The Morgan fingerprint density at radius 2 is 2.35 bits per heavy atom. The normalized spacial score (nSPS) is 27.4. The second-order valence-electron chi connectivity index (χ2n) is 4.89. The maximum Gasteiger partial charge on any atom is 0.0710 e. The highest BCUT2D eigenvalue weighted by molar-refractivity contribution is 5.20. The fourth-order valence-corrected chi connectivity index (χ4v) is 2.58. The molecule has 0 amide bonds. The zero-order chi connectivity index (χ0) is 11.6. The minimum Gasteiger partial charge on any atom is -0.379 e. The van der Waals surface area contributed by atoms with Crippen LogP contribution in [-0.2, 0) is 14.9 Å². The second kappa shape index (κ2) is 4.72. The molecule has 0 aromatic carbocycles. The summed E-state index contributed by atoms with van der Waals surface area (Å²) in [5, 5.41) is 3.37. The van der Waals surface area contributed by atoms with Crippen molar-refractivity contribution in [1.29, 1.82) is 0 Å². The zero-order valence-electron chi connectivity index (χ0n) is 9.89. The van der Waals surface area contributed by atoms with Gasteiger partial charge in [0.1, 0.15) is 0 Å². The Balaban J connectivity index is 1.73. The average Bonchev–Trinajstić information content (AvgIpc) is 2.36. The summed E-state index contributed by atoms with van der Waals surface area (Å²) in [6, 6.07) is 6.09. The Morgan fingerprint density at radius 1 is 1.41 bits per heavy atom. The van der Waals surface area contributed by atoms with Crippen LogP contribution >= 0.6 is 0 Å². The molecule has 92 valence electrons. The summed E-state index contributed by atoms with van der Waals surface area (Å²) in [5.41, 5.74) is 1.21. The largest absolute Gasteiger partial charge is 0.379 e. The molecule has 0 spiro atoms. The number of nitrogens with zero attached hydrogens (tertiary/aromatic N) is 1. The number of morpholine rings is 1. The molecule has 0 bridgehead atoms. The molecule has 4 heteroatoms. The van der Waals surface area contributed by atoms with E-state index in [1.807, 2.05) is 18.3 Å². The van der Waals surface area contributed by atoms with Gasteiger partial charge >= 0.3 is 0 Å². The van der Waals surface area contributed by atoms with E-state index in [-0.39, 0.29) is 11.5 Å². The first-order valence-corrected chi connectivity index (χ1v) is 6.21. The summed E-state index contributed by atoms with van der Waals surface area (Å²) in [6.07, 6.45) is 3.14. The Kier molecular flexibility index (Phi) is 3.09. The van der Waals surface area contributed by atoms with Crippen molar-refractivity contribution in [3.05, 3.63) is 30.1 Å². The van der Waals surface area contributed by atoms with E-state index in [0.29, 0.717) is 0 Å². The van der Waals surface area contributed by atoms with Gasteiger partial charge in [0, 0.05) is 19.3 Å². The van der Waals surface area contributed by atoms with Crippen LogP contribution < -0.4 is 5.32 Å². The van der Waals surface area contributed by atoms with Gasteiger partial charge in [-0.15, -0.1) is 0 Å². The van der Waals surface area contributed by atoms with Gasteiger partial charge < -0.3 is 14.8 Å². The van der Waals surface area contributed by atoms with Crippen LogP contribution in [0.5, 0.6) is 0 Å². The van der Waals surface area contributed by atoms with E-state index in [2.05, 4.69) is 16.4 Å².